The lowest BCUT2D eigenvalue weighted by atomic mass is 10.2. The van der Waals surface area contributed by atoms with Gasteiger partial charge in [-0.05, 0) is 48.5 Å². The summed E-state index contributed by atoms with van der Waals surface area (Å²) in [5.41, 5.74) is -2.52. The molecule has 0 aliphatic rings. The molecular weight excluding hydrogens is 504 g/mol. The average molecular weight is 518 g/mol. The van der Waals surface area contributed by atoms with Crippen LogP contribution in [-0.4, -0.2) is 23.5 Å². The van der Waals surface area contributed by atoms with Crippen LogP contribution < -0.4 is 10.6 Å². The van der Waals surface area contributed by atoms with E-state index in [0.717, 1.165) is 30.3 Å². The summed E-state index contributed by atoms with van der Waals surface area (Å²) < 4.78 is 82.3. The van der Waals surface area contributed by atoms with Crippen molar-refractivity contribution in [3.05, 3.63) is 82.5 Å². The number of amides is 1. The van der Waals surface area contributed by atoms with Gasteiger partial charge in [-0.25, -0.2) is 9.78 Å². The third kappa shape index (κ3) is 6.85. The number of ether oxygens (including phenoxy) is 1. The van der Waals surface area contributed by atoms with Gasteiger partial charge in [0.25, 0.3) is 5.91 Å². The SMILES string of the molecule is O=C(COC(=O)c1cccnc1Nc1cccc(C(F)(F)F)c1)Nc1cc(C(F)(F)F)ccc1Cl. The number of alkyl halides is 6. The maximum absolute atomic E-state index is 12.9. The lowest BCUT2D eigenvalue weighted by molar-refractivity contribution is -0.138. The molecule has 0 saturated carbocycles. The molecule has 184 valence electrons. The summed E-state index contributed by atoms with van der Waals surface area (Å²) in [5, 5.41) is 4.53. The number of esters is 1. The van der Waals surface area contributed by atoms with Crippen molar-refractivity contribution in [1.29, 1.82) is 0 Å². The Balaban J connectivity index is 1.68. The summed E-state index contributed by atoms with van der Waals surface area (Å²) in [7, 11) is 0. The molecule has 0 aliphatic heterocycles. The van der Waals surface area contributed by atoms with E-state index in [1.54, 1.807) is 0 Å². The van der Waals surface area contributed by atoms with Crippen molar-refractivity contribution in [2.45, 2.75) is 12.4 Å². The predicted octanol–water partition coefficient (Wildman–Crippen LogP) is 6.31. The molecule has 35 heavy (non-hydrogen) atoms. The second kappa shape index (κ2) is 10.2. The van der Waals surface area contributed by atoms with Gasteiger partial charge in [-0.1, -0.05) is 17.7 Å². The first-order valence-corrected chi connectivity index (χ1v) is 9.95. The summed E-state index contributed by atoms with van der Waals surface area (Å²) in [6.45, 7) is -0.886. The van der Waals surface area contributed by atoms with Gasteiger partial charge in [-0.3, -0.25) is 4.79 Å². The molecule has 1 amide bonds. The molecule has 0 unspecified atom stereocenters. The molecule has 2 N–H and O–H groups in total. The Morgan fingerprint density at radius 2 is 1.60 bits per heavy atom. The van der Waals surface area contributed by atoms with Crippen LogP contribution in [0, 0.1) is 0 Å². The predicted molar refractivity (Wildman–Crippen MR) is 114 cm³/mol. The summed E-state index contributed by atoms with van der Waals surface area (Å²) in [5.74, 6) is -2.17. The highest BCUT2D eigenvalue weighted by atomic mass is 35.5. The Hall–Kier alpha value is -3.80. The van der Waals surface area contributed by atoms with E-state index in [4.69, 9.17) is 16.3 Å². The van der Waals surface area contributed by atoms with Crippen LogP contribution in [-0.2, 0) is 21.9 Å². The van der Waals surface area contributed by atoms with Crippen molar-refractivity contribution in [2.75, 3.05) is 17.2 Å². The highest BCUT2D eigenvalue weighted by molar-refractivity contribution is 6.33. The normalized spacial score (nSPS) is 11.6. The number of nitrogens with zero attached hydrogens (tertiary/aromatic N) is 1. The average Bonchev–Trinajstić information content (AvgIpc) is 2.78. The Bertz CT molecular complexity index is 1250. The number of hydrogen-bond donors (Lipinski definition) is 2. The van der Waals surface area contributed by atoms with Crippen molar-refractivity contribution in [3.8, 4) is 0 Å². The van der Waals surface area contributed by atoms with Gasteiger partial charge in [0.05, 0.1) is 21.8 Å². The molecule has 3 rings (SSSR count). The van der Waals surface area contributed by atoms with E-state index in [-0.39, 0.29) is 27.8 Å². The number of anilines is 3. The van der Waals surface area contributed by atoms with Crippen LogP contribution in [0.3, 0.4) is 0 Å². The van der Waals surface area contributed by atoms with E-state index in [1.165, 1.54) is 24.4 Å². The lowest BCUT2D eigenvalue weighted by Crippen LogP contribution is -2.22. The Kier molecular flexibility index (Phi) is 7.54. The van der Waals surface area contributed by atoms with Crippen molar-refractivity contribution in [3.63, 3.8) is 0 Å². The van der Waals surface area contributed by atoms with Gasteiger partial charge >= 0.3 is 18.3 Å². The molecule has 1 aromatic heterocycles. The minimum absolute atomic E-state index is 0.00972. The third-order valence-electron chi connectivity index (χ3n) is 4.38. The molecule has 0 bridgehead atoms. The van der Waals surface area contributed by atoms with Crippen LogP contribution >= 0.6 is 11.6 Å². The second-order valence-corrected chi connectivity index (χ2v) is 7.33. The van der Waals surface area contributed by atoms with Gasteiger partial charge in [-0.2, -0.15) is 26.3 Å². The molecule has 6 nitrogen and oxygen atoms in total. The summed E-state index contributed by atoms with van der Waals surface area (Å²) in [4.78, 5) is 28.5. The molecule has 2 aromatic carbocycles. The molecule has 13 heteroatoms. The zero-order chi connectivity index (χ0) is 25.8. The minimum Gasteiger partial charge on any atom is -0.452 e. The fourth-order valence-corrected chi connectivity index (χ4v) is 2.94. The number of hydrogen-bond acceptors (Lipinski definition) is 5. The highest BCUT2D eigenvalue weighted by Gasteiger charge is 2.31. The summed E-state index contributed by atoms with van der Waals surface area (Å²) in [6.07, 6.45) is -7.98. The molecule has 0 atom stereocenters. The smallest absolute Gasteiger partial charge is 0.416 e. The number of halogens is 7. The monoisotopic (exact) mass is 517 g/mol. The first-order chi connectivity index (χ1) is 16.3. The molecule has 0 radical (unpaired) electrons. The minimum atomic E-state index is -4.67. The van der Waals surface area contributed by atoms with Crippen molar-refractivity contribution in [2.24, 2.45) is 0 Å². The molecule has 0 fully saturated rings. The highest BCUT2D eigenvalue weighted by Crippen LogP contribution is 2.34. The number of aromatic nitrogens is 1. The van der Waals surface area contributed by atoms with Gasteiger partial charge in [0.1, 0.15) is 11.4 Å². The van der Waals surface area contributed by atoms with Crippen LogP contribution in [0.4, 0.5) is 43.5 Å². The maximum atomic E-state index is 12.9. The third-order valence-corrected chi connectivity index (χ3v) is 4.71. The molecule has 0 aliphatic carbocycles. The molecule has 0 spiro atoms. The first kappa shape index (κ1) is 25.8. The van der Waals surface area contributed by atoms with E-state index in [2.05, 4.69) is 15.6 Å². The van der Waals surface area contributed by atoms with Crippen molar-refractivity contribution >= 4 is 40.7 Å². The molecule has 3 aromatic rings. The molecule has 0 saturated heterocycles. The zero-order valence-corrected chi connectivity index (χ0v) is 18.1. The van der Waals surface area contributed by atoms with Crippen LogP contribution in [0.25, 0.3) is 0 Å². The standard InChI is InChI=1S/C22H14ClF6N3O3/c23-16-7-6-13(22(27,28)29)10-17(16)32-18(33)11-35-20(34)15-5-2-8-30-19(15)31-14-4-1-3-12(9-14)21(24,25)26/h1-10H,11H2,(H,30,31)(H,32,33). The first-order valence-electron chi connectivity index (χ1n) is 9.57. The fraction of sp³-hybridized carbons (Fsp3) is 0.136. The number of nitrogens with one attached hydrogen (secondary N) is 2. The van der Waals surface area contributed by atoms with Crippen molar-refractivity contribution in [1.82, 2.24) is 4.98 Å². The quantitative estimate of drug-likeness (QED) is 0.296. The van der Waals surface area contributed by atoms with Gasteiger partial charge in [0, 0.05) is 11.9 Å². The van der Waals surface area contributed by atoms with E-state index in [9.17, 15) is 35.9 Å². The van der Waals surface area contributed by atoms with Gasteiger partial charge in [0.15, 0.2) is 6.61 Å². The Labute approximate surface area is 198 Å². The van der Waals surface area contributed by atoms with Crippen LogP contribution in [0.5, 0.6) is 0 Å². The molecular formula is C22H14ClF6N3O3. The largest absolute Gasteiger partial charge is 0.452 e. The van der Waals surface area contributed by atoms with E-state index in [0.29, 0.717) is 6.07 Å². The van der Waals surface area contributed by atoms with E-state index in [1.807, 2.05) is 0 Å². The number of rotatable bonds is 6. The second-order valence-electron chi connectivity index (χ2n) is 6.92. The number of carbonyl (C=O) groups excluding carboxylic acids is 2. The van der Waals surface area contributed by atoms with Gasteiger partial charge < -0.3 is 15.4 Å². The maximum Gasteiger partial charge on any atom is 0.416 e. The van der Waals surface area contributed by atoms with Crippen LogP contribution in [0.1, 0.15) is 21.5 Å². The molecule has 1 heterocycles. The number of pyridine rings is 1. The topological polar surface area (TPSA) is 80.3 Å². The van der Waals surface area contributed by atoms with Gasteiger partial charge in [-0.15, -0.1) is 0 Å². The van der Waals surface area contributed by atoms with Crippen molar-refractivity contribution < 1.29 is 40.7 Å². The Morgan fingerprint density at radius 1 is 0.914 bits per heavy atom. The van der Waals surface area contributed by atoms with Crippen LogP contribution in [0.2, 0.25) is 5.02 Å². The summed E-state index contributed by atoms with van der Waals surface area (Å²) in [6, 6.07) is 9.10. The van der Waals surface area contributed by atoms with Gasteiger partial charge in [0.2, 0.25) is 0 Å². The van der Waals surface area contributed by atoms with Crippen LogP contribution in [0.15, 0.2) is 60.8 Å². The lowest BCUT2D eigenvalue weighted by Gasteiger charge is -2.13. The van der Waals surface area contributed by atoms with E-state index >= 15 is 0 Å². The van der Waals surface area contributed by atoms with E-state index < -0.39 is 42.0 Å². The number of carbonyl (C=O) groups is 2. The number of benzene rings is 2. The zero-order valence-electron chi connectivity index (χ0n) is 17.3. The summed E-state index contributed by atoms with van der Waals surface area (Å²) >= 11 is 5.81. The fourth-order valence-electron chi connectivity index (χ4n) is 2.77. The Morgan fingerprint density at radius 3 is 2.29 bits per heavy atom.